The number of alkyl halides is 2. The predicted octanol–water partition coefficient (Wildman–Crippen LogP) is 1.15. The third-order valence-corrected chi connectivity index (χ3v) is 2.79. The third kappa shape index (κ3) is 3.08. The van der Waals surface area contributed by atoms with E-state index in [1.165, 1.54) is 24.3 Å². The summed E-state index contributed by atoms with van der Waals surface area (Å²) in [6.45, 7) is 0. The Balaban J connectivity index is 2.75. The van der Waals surface area contributed by atoms with Crippen molar-refractivity contribution in [3.63, 3.8) is 0 Å². The van der Waals surface area contributed by atoms with Crippen LogP contribution in [0, 0.1) is 10.1 Å². The Kier molecular flexibility index (Phi) is 3.33. The zero-order chi connectivity index (χ0) is 9.84. The van der Waals surface area contributed by atoms with Gasteiger partial charge in [0.1, 0.15) is 0 Å². The van der Waals surface area contributed by atoms with Gasteiger partial charge >= 0.3 is 78.5 Å². The summed E-state index contributed by atoms with van der Waals surface area (Å²) < 4.78 is 24.2. The van der Waals surface area contributed by atoms with Crippen LogP contribution >= 0.6 is 0 Å². The second-order valence-corrected chi connectivity index (χ2v) is 4.36. The van der Waals surface area contributed by atoms with Gasteiger partial charge in [0.25, 0.3) is 0 Å². The first-order chi connectivity index (χ1) is 6.09. The normalized spacial score (nSPS) is 10.4. The number of nitrogens with zero attached hydrogens (tertiary/aromatic N) is 1. The number of rotatable bonds is 3. The molecule has 13 heavy (non-hydrogen) atoms. The van der Waals surface area contributed by atoms with Crippen LogP contribution in [0.2, 0.25) is 0 Å². The molecule has 0 fully saturated rings. The minimum atomic E-state index is -2.35. The first-order valence-electron chi connectivity index (χ1n) is 3.29. The van der Waals surface area contributed by atoms with Crippen LogP contribution in [-0.4, -0.2) is 25.2 Å². The molecule has 1 rings (SSSR count). The molecule has 70 valence electrons. The zero-order valence-electron chi connectivity index (χ0n) is 6.31. The van der Waals surface area contributed by atoms with Crippen molar-refractivity contribution in [2.45, 2.75) is 5.32 Å². The van der Waals surface area contributed by atoms with Crippen molar-refractivity contribution in [1.29, 1.82) is 0 Å². The second kappa shape index (κ2) is 4.30. The van der Waals surface area contributed by atoms with Crippen LogP contribution in [0.15, 0.2) is 24.3 Å². The van der Waals surface area contributed by atoms with E-state index in [9.17, 15) is 18.9 Å². The summed E-state index contributed by atoms with van der Waals surface area (Å²) >= 11 is -0.908. The van der Waals surface area contributed by atoms with E-state index in [0.29, 0.717) is 4.46 Å². The Hall–Kier alpha value is -1.00. The molecule has 0 saturated heterocycles. The Morgan fingerprint density at radius 3 is 2.23 bits per heavy atom. The van der Waals surface area contributed by atoms with E-state index in [1.807, 2.05) is 0 Å². The van der Waals surface area contributed by atoms with Gasteiger partial charge in [-0.15, -0.1) is 0 Å². The van der Waals surface area contributed by atoms with Gasteiger partial charge in [-0.2, -0.15) is 0 Å². The summed E-state index contributed by atoms with van der Waals surface area (Å²) in [5.41, 5.74) is -0.0752. The second-order valence-electron chi connectivity index (χ2n) is 2.13. The molecule has 0 aromatic heterocycles. The molecule has 0 heterocycles. The summed E-state index contributed by atoms with van der Waals surface area (Å²) in [5, 5.41) is 7.84. The van der Waals surface area contributed by atoms with Crippen molar-refractivity contribution in [1.82, 2.24) is 0 Å². The third-order valence-electron chi connectivity index (χ3n) is 1.27. The maximum absolute atomic E-state index is 11.9. The van der Waals surface area contributed by atoms with Gasteiger partial charge in [0.15, 0.2) is 0 Å². The van der Waals surface area contributed by atoms with Gasteiger partial charge < -0.3 is 0 Å². The number of nitro groups is 1. The van der Waals surface area contributed by atoms with Gasteiger partial charge in [-0.05, 0) is 0 Å². The van der Waals surface area contributed by atoms with Crippen molar-refractivity contribution < 1.29 is 13.7 Å². The molecule has 0 N–H and O–H groups in total. The van der Waals surface area contributed by atoms with Gasteiger partial charge in [0, 0.05) is 0 Å². The van der Waals surface area contributed by atoms with E-state index in [-0.39, 0.29) is 5.69 Å². The minimum absolute atomic E-state index is 0.0752. The average Bonchev–Trinajstić information content (AvgIpc) is 2.04. The first kappa shape index (κ1) is 10.1. The summed E-state index contributed by atoms with van der Waals surface area (Å²) in [7, 11) is 0. The van der Waals surface area contributed by atoms with Gasteiger partial charge in [-0.3, -0.25) is 0 Å². The number of hydrogen-bond acceptors (Lipinski definition) is 2. The van der Waals surface area contributed by atoms with E-state index in [2.05, 4.69) is 0 Å². The molecule has 0 aliphatic heterocycles. The molecule has 1 aromatic carbocycles. The molecular weight excluding hydrogens is 247 g/mol. The summed E-state index contributed by atoms with van der Waals surface area (Å²) in [5.74, 6) is 0. The number of hydrogen-bond donors (Lipinski definition) is 0. The molecule has 0 saturated carbocycles. The van der Waals surface area contributed by atoms with Crippen LogP contribution in [-0.2, 0) is 0 Å². The van der Waals surface area contributed by atoms with E-state index >= 15 is 0 Å². The first-order valence-corrected chi connectivity index (χ1v) is 5.13. The quantitative estimate of drug-likeness (QED) is 0.460. The van der Waals surface area contributed by atoms with E-state index in [0.717, 1.165) is 0 Å². The maximum atomic E-state index is 11.9. The summed E-state index contributed by atoms with van der Waals surface area (Å²) in [6, 6.07) is 5.20. The Bertz CT molecular complexity index is 302. The molecule has 6 heteroatoms. The average molecular weight is 252 g/mol. The molecule has 0 atom stereocenters. The molecule has 0 amide bonds. The molecule has 3 nitrogen and oxygen atoms in total. The molecule has 0 bridgehead atoms. The van der Waals surface area contributed by atoms with E-state index < -0.39 is 25.2 Å². The monoisotopic (exact) mass is 253 g/mol. The molecular formula is C7H5F2NO2Se. The predicted molar refractivity (Wildman–Crippen MR) is 44.5 cm³/mol. The molecule has 1 aromatic rings. The molecule has 0 aliphatic carbocycles. The number of halogens is 2. The summed E-state index contributed by atoms with van der Waals surface area (Å²) in [6.07, 6.45) is 0. The molecule has 0 spiro atoms. The number of benzene rings is 1. The Labute approximate surface area is 79.1 Å². The van der Waals surface area contributed by atoms with Crippen molar-refractivity contribution in [3.05, 3.63) is 34.4 Å². The van der Waals surface area contributed by atoms with Crippen molar-refractivity contribution in [2.24, 2.45) is 0 Å². The van der Waals surface area contributed by atoms with Crippen molar-refractivity contribution in [2.75, 3.05) is 0 Å². The Morgan fingerprint density at radius 1 is 1.31 bits per heavy atom. The van der Waals surface area contributed by atoms with Crippen LogP contribution < -0.4 is 4.46 Å². The SMILES string of the molecule is O=[N+]([O-])c1ccc([Se]C(F)F)cc1. The van der Waals surface area contributed by atoms with Gasteiger partial charge in [0.2, 0.25) is 0 Å². The molecule has 0 radical (unpaired) electrons. The van der Waals surface area contributed by atoms with Crippen LogP contribution in [0.5, 0.6) is 0 Å². The Morgan fingerprint density at radius 2 is 1.85 bits per heavy atom. The standard InChI is InChI=1S/C7H5F2NO2Se/c8-7(9)13-6-3-1-5(2-4-6)10(11)12/h1-4,7H. The van der Waals surface area contributed by atoms with Gasteiger partial charge in [0.05, 0.1) is 0 Å². The van der Waals surface area contributed by atoms with Crippen LogP contribution in [0.1, 0.15) is 0 Å². The van der Waals surface area contributed by atoms with Crippen LogP contribution in [0.25, 0.3) is 0 Å². The number of nitro benzene ring substituents is 1. The van der Waals surface area contributed by atoms with E-state index in [4.69, 9.17) is 0 Å². The molecule has 0 aliphatic rings. The number of non-ortho nitro benzene ring substituents is 1. The van der Waals surface area contributed by atoms with E-state index in [1.54, 1.807) is 0 Å². The fourth-order valence-corrected chi connectivity index (χ4v) is 1.80. The van der Waals surface area contributed by atoms with Crippen LogP contribution in [0.3, 0.4) is 0 Å². The molecule has 0 unspecified atom stereocenters. The van der Waals surface area contributed by atoms with Crippen LogP contribution in [0.4, 0.5) is 14.5 Å². The van der Waals surface area contributed by atoms with Gasteiger partial charge in [-0.1, -0.05) is 0 Å². The van der Waals surface area contributed by atoms with Gasteiger partial charge in [-0.25, -0.2) is 0 Å². The fourth-order valence-electron chi connectivity index (χ4n) is 0.749. The van der Waals surface area contributed by atoms with Crippen molar-refractivity contribution >= 4 is 25.1 Å². The summed E-state index contributed by atoms with van der Waals surface area (Å²) in [4.78, 5) is 9.64. The zero-order valence-corrected chi connectivity index (χ0v) is 8.03. The van der Waals surface area contributed by atoms with Crippen molar-refractivity contribution in [3.8, 4) is 0 Å². The topological polar surface area (TPSA) is 43.1 Å². The fraction of sp³-hybridized carbons (Fsp3) is 0.143.